The Hall–Kier alpha value is -1.11. The molecule has 0 saturated carbocycles. The number of para-hydroxylation sites is 1. The average Bonchev–Trinajstić information content (AvgIpc) is 2.88. The largest absolute Gasteiger partial charge is 0.309 e. The summed E-state index contributed by atoms with van der Waals surface area (Å²) in [5, 5.41) is 9.51. The van der Waals surface area contributed by atoms with Gasteiger partial charge in [-0.15, -0.1) is 10.2 Å². The summed E-state index contributed by atoms with van der Waals surface area (Å²) in [6.45, 7) is 1.04. The van der Waals surface area contributed by atoms with Crippen molar-refractivity contribution in [1.82, 2.24) is 19.5 Å². The molecule has 18 heavy (non-hydrogen) atoms. The van der Waals surface area contributed by atoms with Crippen molar-refractivity contribution in [2.24, 2.45) is 0 Å². The number of hydrogen-bond donors (Lipinski definition) is 0. The van der Waals surface area contributed by atoms with E-state index in [2.05, 4.69) is 57.9 Å². The first-order chi connectivity index (χ1) is 8.75. The minimum Gasteiger partial charge on any atom is -0.309 e. The highest BCUT2D eigenvalue weighted by Gasteiger charge is 2.11. The van der Waals surface area contributed by atoms with Gasteiger partial charge in [-0.25, -0.2) is 0 Å². The second-order valence-electron chi connectivity index (χ2n) is 4.32. The van der Waals surface area contributed by atoms with Crippen LogP contribution in [-0.4, -0.2) is 45.9 Å². The Balaban J connectivity index is 1.96. The summed E-state index contributed by atoms with van der Waals surface area (Å²) in [4.78, 5) is 3.15. The third-order valence-electron chi connectivity index (χ3n) is 2.68. The predicted octanol–water partition coefficient (Wildman–Crippen LogP) is 2.60. The van der Waals surface area contributed by atoms with Crippen molar-refractivity contribution < 1.29 is 0 Å². The van der Waals surface area contributed by atoms with E-state index in [1.807, 2.05) is 0 Å². The molecule has 4 nitrogen and oxygen atoms in total. The zero-order valence-corrected chi connectivity index (χ0v) is 12.0. The molecule has 0 unspecified atom stereocenters. The lowest BCUT2D eigenvalue weighted by Gasteiger charge is -2.07. The summed E-state index contributed by atoms with van der Waals surface area (Å²) < 4.78 is 3.41. The first kappa shape index (κ1) is 12.0. The summed E-state index contributed by atoms with van der Waals surface area (Å²) in [5.41, 5.74) is 1.20. The summed E-state index contributed by atoms with van der Waals surface area (Å²) in [5.74, 6) is 1.03. The van der Waals surface area contributed by atoms with E-state index in [1.54, 1.807) is 23.1 Å². The molecule has 94 valence electrons. The van der Waals surface area contributed by atoms with Crippen LogP contribution in [0.2, 0.25) is 0 Å². The molecule has 1 aromatic carbocycles. The average molecular weight is 278 g/mol. The Morgan fingerprint density at radius 2 is 2.11 bits per heavy atom. The van der Waals surface area contributed by atoms with Gasteiger partial charge in [-0.1, -0.05) is 35.2 Å². The highest BCUT2D eigenvalue weighted by Crippen LogP contribution is 2.29. The predicted molar refractivity (Wildman–Crippen MR) is 77.6 cm³/mol. The zero-order chi connectivity index (χ0) is 12.5. The van der Waals surface area contributed by atoms with Crippen molar-refractivity contribution in [3.63, 3.8) is 0 Å². The molecular formula is C12H14N4S2. The molecular weight excluding hydrogens is 264 g/mol. The molecule has 3 rings (SSSR count). The number of hydrogen-bond acceptors (Lipinski definition) is 5. The van der Waals surface area contributed by atoms with Crippen LogP contribution in [0.1, 0.15) is 0 Å². The molecule has 0 aliphatic heterocycles. The van der Waals surface area contributed by atoms with E-state index in [9.17, 15) is 0 Å². The van der Waals surface area contributed by atoms with Crippen LogP contribution < -0.4 is 0 Å². The second kappa shape index (κ2) is 4.87. The van der Waals surface area contributed by atoms with Crippen LogP contribution in [0.25, 0.3) is 15.2 Å². The molecule has 0 atom stereocenters. The van der Waals surface area contributed by atoms with E-state index in [1.165, 1.54) is 10.2 Å². The van der Waals surface area contributed by atoms with E-state index in [0.29, 0.717) is 0 Å². The molecule has 0 fully saturated rings. The molecule has 0 aliphatic carbocycles. The quantitative estimate of drug-likeness (QED) is 0.687. The molecule has 2 aromatic heterocycles. The smallest absolute Gasteiger partial charge is 0.217 e. The van der Waals surface area contributed by atoms with Gasteiger partial charge in [0.25, 0.3) is 0 Å². The highest BCUT2D eigenvalue weighted by atomic mass is 32.2. The maximum absolute atomic E-state index is 4.27. The molecule has 3 aromatic rings. The van der Waals surface area contributed by atoms with Gasteiger partial charge in [-0.2, -0.15) is 0 Å². The molecule has 0 spiro atoms. The summed E-state index contributed by atoms with van der Waals surface area (Å²) >= 11 is 3.45. The van der Waals surface area contributed by atoms with Gasteiger partial charge in [0, 0.05) is 12.3 Å². The maximum Gasteiger partial charge on any atom is 0.217 e. The van der Waals surface area contributed by atoms with Gasteiger partial charge in [-0.05, 0) is 26.2 Å². The lowest BCUT2D eigenvalue weighted by molar-refractivity contribution is 0.437. The fourth-order valence-corrected chi connectivity index (χ4v) is 3.84. The number of thiazole rings is 1. The van der Waals surface area contributed by atoms with Gasteiger partial charge in [0.1, 0.15) is 0 Å². The van der Waals surface area contributed by atoms with E-state index in [0.717, 1.165) is 22.4 Å². The van der Waals surface area contributed by atoms with Crippen molar-refractivity contribution in [3.05, 3.63) is 24.3 Å². The molecule has 0 aliphatic rings. The minimum atomic E-state index is 0.976. The molecule has 0 amide bonds. The van der Waals surface area contributed by atoms with Crippen molar-refractivity contribution in [2.75, 3.05) is 26.4 Å². The van der Waals surface area contributed by atoms with Gasteiger partial charge >= 0.3 is 0 Å². The van der Waals surface area contributed by atoms with Crippen LogP contribution in [0.15, 0.2) is 29.4 Å². The standard InChI is InChI=1S/C12H14N4S2/c1-15(2)7-8-17-11-13-14-12-16(11)9-5-3-4-6-10(9)18-12/h3-6H,7-8H2,1-2H3. The number of thioether (sulfide) groups is 1. The van der Waals surface area contributed by atoms with Gasteiger partial charge in [0.2, 0.25) is 4.96 Å². The number of rotatable bonds is 4. The fraction of sp³-hybridized carbons (Fsp3) is 0.333. The van der Waals surface area contributed by atoms with Crippen LogP contribution in [0.5, 0.6) is 0 Å². The lowest BCUT2D eigenvalue weighted by atomic mass is 10.3. The Kier molecular flexibility index (Phi) is 3.23. The SMILES string of the molecule is CN(C)CCSc1nnc2sc3ccccc3n12. The van der Waals surface area contributed by atoms with Gasteiger partial charge in [0.05, 0.1) is 10.2 Å². The normalized spacial score (nSPS) is 11.9. The van der Waals surface area contributed by atoms with Crippen LogP contribution in [0.4, 0.5) is 0 Å². The zero-order valence-electron chi connectivity index (χ0n) is 10.3. The number of nitrogens with zero attached hydrogens (tertiary/aromatic N) is 4. The Morgan fingerprint density at radius 1 is 1.28 bits per heavy atom. The van der Waals surface area contributed by atoms with E-state index >= 15 is 0 Å². The minimum absolute atomic E-state index is 0.976. The van der Waals surface area contributed by atoms with Crippen molar-refractivity contribution in [2.45, 2.75) is 5.16 Å². The van der Waals surface area contributed by atoms with Gasteiger partial charge in [0.15, 0.2) is 5.16 Å². The van der Waals surface area contributed by atoms with Crippen LogP contribution in [-0.2, 0) is 0 Å². The molecule has 6 heteroatoms. The topological polar surface area (TPSA) is 33.4 Å². The number of benzene rings is 1. The Labute approximate surface area is 114 Å². The molecule has 2 heterocycles. The van der Waals surface area contributed by atoms with E-state index in [-0.39, 0.29) is 0 Å². The summed E-state index contributed by atoms with van der Waals surface area (Å²) in [6.07, 6.45) is 0. The number of aromatic nitrogens is 3. The molecule has 0 N–H and O–H groups in total. The highest BCUT2D eigenvalue weighted by molar-refractivity contribution is 7.99. The monoisotopic (exact) mass is 278 g/mol. The molecule has 0 radical (unpaired) electrons. The second-order valence-corrected chi connectivity index (χ2v) is 6.39. The lowest BCUT2D eigenvalue weighted by Crippen LogP contribution is -2.14. The van der Waals surface area contributed by atoms with E-state index < -0.39 is 0 Å². The van der Waals surface area contributed by atoms with Crippen molar-refractivity contribution in [1.29, 1.82) is 0 Å². The van der Waals surface area contributed by atoms with Crippen LogP contribution in [0.3, 0.4) is 0 Å². The number of fused-ring (bicyclic) bond motifs is 3. The van der Waals surface area contributed by atoms with Crippen LogP contribution in [0, 0.1) is 0 Å². The van der Waals surface area contributed by atoms with Crippen LogP contribution >= 0.6 is 23.1 Å². The van der Waals surface area contributed by atoms with Crippen molar-refractivity contribution >= 4 is 38.3 Å². The van der Waals surface area contributed by atoms with Gasteiger partial charge in [-0.3, -0.25) is 4.40 Å². The van der Waals surface area contributed by atoms with Gasteiger partial charge < -0.3 is 4.90 Å². The first-order valence-electron chi connectivity index (χ1n) is 5.76. The molecule has 0 bridgehead atoms. The third-order valence-corrected chi connectivity index (χ3v) is 4.60. The first-order valence-corrected chi connectivity index (χ1v) is 7.56. The molecule has 0 saturated heterocycles. The maximum atomic E-state index is 4.27. The Morgan fingerprint density at radius 3 is 2.94 bits per heavy atom. The van der Waals surface area contributed by atoms with E-state index in [4.69, 9.17) is 0 Å². The summed E-state index contributed by atoms with van der Waals surface area (Å²) in [6, 6.07) is 8.37. The summed E-state index contributed by atoms with van der Waals surface area (Å²) in [7, 11) is 4.17. The fourth-order valence-electron chi connectivity index (χ4n) is 1.77. The van der Waals surface area contributed by atoms with Crippen molar-refractivity contribution in [3.8, 4) is 0 Å². The Bertz CT molecular complexity index is 671. The third kappa shape index (κ3) is 2.11.